The van der Waals surface area contributed by atoms with E-state index in [-0.39, 0.29) is 16.7 Å². The lowest BCUT2D eigenvalue weighted by Crippen LogP contribution is -1.99. The van der Waals surface area contributed by atoms with Crippen molar-refractivity contribution in [2.45, 2.75) is 6.92 Å². The van der Waals surface area contributed by atoms with Crippen LogP contribution in [-0.2, 0) is 0 Å². The molecule has 1 rings (SSSR count). The van der Waals surface area contributed by atoms with E-state index >= 15 is 0 Å². The van der Waals surface area contributed by atoms with Crippen LogP contribution in [0.5, 0.6) is 5.75 Å². The average Bonchev–Trinajstić information content (AvgIpc) is 2.28. The van der Waals surface area contributed by atoms with Gasteiger partial charge in [0, 0.05) is 11.1 Å². The molecule has 0 aromatic heterocycles. The summed E-state index contributed by atoms with van der Waals surface area (Å²) in [5, 5.41) is 8.78. The number of carbonyl (C=O) groups excluding carboxylic acids is 2. The maximum absolute atomic E-state index is 10.7. The normalized spacial score (nSPS) is 9.07. The molecule has 4 nitrogen and oxygen atoms in total. The van der Waals surface area contributed by atoms with Crippen LogP contribution >= 0.6 is 0 Å². The van der Waals surface area contributed by atoms with Gasteiger partial charge < -0.3 is 4.74 Å². The minimum absolute atomic E-state index is 0.107. The minimum atomic E-state index is 0.107. The molecule has 0 radical (unpaired) electrons. The fourth-order valence-corrected chi connectivity index (χ4v) is 1.22. The monoisotopic (exact) mass is 203 g/mol. The molecule has 0 bridgehead atoms. The molecule has 0 N–H and O–H groups in total. The van der Waals surface area contributed by atoms with Crippen molar-refractivity contribution < 1.29 is 14.3 Å². The van der Waals surface area contributed by atoms with Gasteiger partial charge in [0.1, 0.15) is 11.8 Å². The highest BCUT2D eigenvalue weighted by Gasteiger charge is 2.10. The van der Waals surface area contributed by atoms with E-state index in [0.29, 0.717) is 24.9 Å². The van der Waals surface area contributed by atoms with Gasteiger partial charge in [-0.25, -0.2) is 0 Å². The van der Waals surface area contributed by atoms with Gasteiger partial charge >= 0.3 is 0 Å². The fraction of sp³-hybridized carbons (Fsp3) is 0.182. The highest BCUT2D eigenvalue weighted by molar-refractivity contribution is 5.93. The van der Waals surface area contributed by atoms with E-state index < -0.39 is 0 Å². The molecule has 0 aliphatic rings. The standard InChI is InChI=1S/C11H9NO3/c1-2-15-10-3-8(5-12)11(7-14)9(4-10)6-13/h3-4,6-7H,2H2,1H3. The molecule has 4 heteroatoms. The summed E-state index contributed by atoms with van der Waals surface area (Å²) in [7, 11) is 0. The summed E-state index contributed by atoms with van der Waals surface area (Å²) in [6.45, 7) is 2.23. The number of ether oxygens (including phenoxy) is 1. The Morgan fingerprint density at radius 1 is 1.40 bits per heavy atom. The number of hydrogen-bond acceptors (Lipinski definition) is 4. The molecule has 0 amide bonds. The topological polar surface area (TPSA) is 67.2 Å². The highest BCUT2D eigenvalue weighted by atomic mass is 16.5. The number of nitrogens with zero attached hydrogens (tertiary/aromatic N) is 1. The van der Waals surface area contributed by atoms with Crippen LogP contribution in [0.4, 0.5) is 0 Å². The smallest absolute Gasteiger partial charge is 0.152 e. The zero-order valence-corrected chi connectivity index (χ0v) is 8.19. The summed E-state index contributed by atoms with van der Waals surface area (Å²) in [6, 6.07) is 4.74. The van der Waals surface area contributed by atoms with Crippen LogP contribution in [0.15, 0.2) is 12.1 Å². The zero-order valence-electron chi connectivity index (χ0n) is 8.19. The van der Waals surface area contributed by atoms with Crippen molar-refractivity contribution in [2.24, 2.45) is 0 Å². The summed E-state index contributed by atoms with van der Waals surface area (Å²) in [6.07, 6.45) is 1.03. The van der Waals surface area contributed by atoms with Crippen molar-refractivity contribution in [2.75, 3.05) is 6.61 Å². The largest absolute Gasteiger partial charge is 0.494 e. The maximum Gasteiger partial charge on any atom is 0.152 e. The van der Waals surface area contributed by atoms with Gasteiger partial charge in [0.2, 0.25) is 0 Å². The van der Waals surface area contributed by atoms with E-state index in [1.807, 2.05) is 6.07 Å². The van der Waals surface area contributed by atoms with Gasteiger partial charge in [-0.3, -0.25) is 9.59 Å². The third-order valence-electron chi connectivity index (χ3n) is 1.86. The van der Waals surface area contributed by atoms with Crippen LogP contribution in [0.1, 0.15) is 33.2 Å². The molecule has 76 valence electrons. The quantitative estimate of drug-likeness (QED) is 0.697. The van der Waals surface area contributed by atoms with Gasteiger partial charge in [0.05, 0.1) is 12.2 Å². The number of carbonyl (C=O) groups is 2. The second kappa shape index (κ2) is 4.91. The first kappa shape index (κ1) is 10.9. The Morgan fingerprint density at radius 3 is 2.60 bits per heavy atom. The molecule has 0 spiro atoms. The minimum Gasteiger partial charge on any atom is -0.494 e. The summed E-state index contributed by atoms with van der Waals surface area (Å²) >= 11 is 0. The van der Waals surface area contributed by atoms with Crippen molar-refractivity contribution in [3.63, 3.8) is 0 Å². The summed E-state index contributed by atoms with van der Waals surface area (Å²) in [4.78, 5) is 21.4. The van der Waals surface area contributed by atoms with Crippen molar-refractivity contribution in [1.82, 2.24) is 0 Å². The average molecular weight is 203 g/mol. The number of rotatable bonds is 4. The Balaban J connectivity index is 3.36. The van der Waals surface area contributed by atoms with Crippen molar-refractivity contribution in [3.05, 3.63) is 28.8 Å². The van der Waals surface area contributed by atoms with E-state index in [1.165, 1.54) is 12.1 Å². The molecule has 0 saturated carbocycles. The number of aldehydes is 2. The van der Waals surface area contributed by atoms with Crippen LogP contribution in [0.25, 0.3) is 0 Å². The van der Waals surface area contributed by atoms with E-state index in [4.69, 9.17) is 10.00 Å². The third-order valence-corrected chi connectivity index (χ3v) is 1.86. The van der Waals surface area contributed by atoms with Gasteiger partial charge in [-0.15, -0.1) is 0 Å². The van der Waals surface area contributed by atoms with Gasteiger partial charge in [-0.2, -0.15) is 5.26 Å². The Kier molecular flexibility index (Phi) is 3.58. The van der Waals surface area contributed by atoms with Crippen LogP contribution in [-0.4, -0.2) is 19.2 Å². The lowest BCUT2D eigenvalue weighted by molar-refractivity contribution is 0.109. The number of hydrogen-bond donors (Lipinski definition) is 0. The summed E-state index contributed by atoms with van der Waals surface area (Å²) < 4.78 is 5.16. The van der Waals surface area contributed by atoms with Crippen molar-refractivity contribution in [3.8, 4) is 11.8 Å². The number of benzene rings is 1. The highest BCUT2D eigenvalue weighted by Crippen LogP contribution is 2.20. The molecule has 0 saturated heterocycles. The molecule has 0 heterocycles. The van der Waals surface area contributed by atoms with E-state index in [9.17, 15) is 9.59 Å². The second-order valence-corrected chi connectivity index (χ2v) is 2.75. The Hall–Kier alpha value is -2.15. The lowest BCUT2D eigenvalue weighted by Gasteiger charge is -2.06. The molecule has 0 fully saturated rings. The Bertz CT molecular complexity index is 432. The maximum atomic E-state index is 10.7. The fourth-order valence-electron chi connectivity index (χ4n) is 1.22. The Morgan fingerprint density at radius 2 is 2.13 bits per heavy atom. The van der Waals surface area contributed by atoms with Crippen LogP contribution in [0.2, 0.25) is 0 Å². The zero-order chi connectivity index (χ0) is 11.3. The first-order valence-corrected chi connectivity index (χ1v) is 4.38. The van der Waals surface area contributed by atoms with E-state index in [2.05, 4.69) is 0 Å². The number of nitriles is 1. The Labute approximate surface area is 87.1 Å². The predicted molar refractivity (Wildman–Crippen MR) is 53.1 cm³/mol. The first-order valence-electron chi connectivity index (χ1n) is 4.38. The van der Waals surface area contributed by atoms with Crippen molar-refractivity contribution in [1.29, 1.82) is 5.26 Å². The van der Waals surface area contributed by atoms with E-state index in [0.717, 1.165) is 0 Å². The summed E-state index contributed by atoms with van der Waals surface area (Å²) in [5.41, 5.74) is 0.432. The molecule has 1 aromatic rings. The van der Waals surface area contributed by atoms with Gasteiger partial charge in [0.15, 0.2) is 12.6 Å². The van der Waals surface area contributed by atoms with Crippen molar-refractivity contribution >= 4 is 12.6 Å². The van der Waals surface area contributed by atoms with Gasteiger partial charge in [0.25, 0.3) is 0 Å². The molecule has 0 aliphatic carbocycles. The summed E-state index contributed by atoms with van der Waals surface area (Å²) in [5.74, 6) is 0.418. The molecular formula is C11H9NO3. The van der Waals surface area contributed by atoms with E-state index in [1.54, 1.807) is 6.92 Å². The molecule has 0 atom stereocenters. The van der Waals surface area contributed by atoms with Crippen LogP contribution < -0.4 is 4.74 Å². The molecule has 0 unspecified atom stereocenters. The van der Waals surface area contributed by atoms with Gasteiger partial charge in [-0.1, -0.05) is 0 Å². The lowest BCUT2D eigenvalue weighted by atomic mass is 10.0. The van der Waals surface area contributed by atoms with Crippen LogP contribution in [0, 0.1) is 11.3 Å². The first-order chi connectivity index (χ1) is 7.26. The SMILES string of the molecule is CCOc1cc(C#N)c(C=O)c(C=O)c1. The molecule has 1 aromatic carbocycles. The van der Waals surface area contributed by atoms with Crippen LogP contribution in [0.3, 0.4) is 0 Å². The van der Waals surface area contributed by atoms with Gasteiger partial charge in [-0.05, 0) is 19.1 Å². The third kappa shape index (κ3) is 2.20. The molecule has 15 heavy (non-hydrogen) atoms. The second-order valence-electron chi connectivity index (χ2n) is 2.75. The molecular weight excluding hydrogens is 194 g/mol. The molecule has 0 aliphatic heterocycles. The predicted octanol–water partition coefficient (Wildman–Crippen LogP) is 1.58.